The predicted octanol–water partition coefficient (Wildman–Crippen LogP) is 2.08. The third kappa shape index (κ3) is 7.59. The van der Waals surface area contributed by atoms with E-state index in [2.05, 4.69) is 4.90 Å². The van der Waals surface area contributed by atoms with Crippen molar-refractivity contribution >= 4 is 10.4 Å². The van der Waals surface area contributed by atoms with Gasteiger partial charge in [-0.3, -0.25) is 9.11 Å². The van der Waals surface area contributed by atoms with Crippen molar-refractivity contribution in [1.29, 1.82) is 0 Å². The summed E-state index contributed by atoms with van der Waals surface area (Å²) in [7, 11) is -0.584. The quantitative estimate of drug-likeness (QED) is 0.606. The molecule has 0 spiro atoms. The van der Waals surface area contributed by atoms with Crippen LogP contribution in [0.4, 0.5) is 0 Å². The summed E-state index contributed by atoms with van der Waals surface area (Å²) >= 11 is 0. The fourth-order valence-corrected chi connectivity index (χ4v) is 3.17. The summed E-state index contributed by atoms with van der Waals surface area (Å²) < 4.78 is 31.6. The fourth-order valence-electron chi connectivity index (χ4n) is 3.17. The molecule has 0 aliphatic heterocycles. The van der Waals surface area contributed by atoms with Gasteiger partial charge in [0.2, 0.25) is 0 Å². The maximum Gasteiger partial charge on any atom is 0.394 e. The fraction of sp³-hybridized carbons (Fsp3) is 0.625. The molecule has 0 amide bonds. The van der Waals surface area contributed by atoms with Crippen LogP contribution in [0.2, 0.25) is 0 Å². The average molecular weight is 361 g/mol. The zero-order valence-corrected chi connectivity index (χ0v) is 14.9. The lowest BCUT2D eigenvalue weighted by Crippen LogP contribution is -2.42. The molecule has 138 valence electrons. The summed E-state index contributed by atoms with van der Waals surface area (Å²) in [6.07, 6.45) is 5.21. The first-order valence-corrected chi connectivity index (χ1v) is 9.27. The third-order valence-corrected chi connectivity index (χ3v) is 4.21. The molecule has 1 fully saturated rings. The van der Waals surface area contributed by atoms with Gasteiger partial charge >= 0.3 is 10.4 Å². The van der Waals surface area contributed by atoms with Crippen LogP contribution < -0.4 is 0 Å². The Morgan fingerprint density at radius 2 is 1.54 bits per heavy atom. The number of benzene rings is 1. The van der Waals surface area contributed by atoms with Crippen molar-refractivity contribution in [1.82, 2.24) is 4.90 Å². The normalized spacial score (nSPS) is 18.6. The number of hydrogen-bond donors (Lipinski definition) is 4. The van der Waals surface area contributed by atoms with Crippen molar-refractivity contribution < 1.29 is 27.7 Å². The Bertz CT molecular complexity index is 585. The van der Waals surface area contributed by atoms with Crippen LogP contribution in [0.5, 0.6) is 5.75 Å². The number of phenolic OH excluding ortho intramolecular Hbond substituents is 1. The number of nitrogens with zero attached hydrogens (tertiary/aromatic N) is 1. The summed E-state index contributed by atoms with van der Waals surface area (Å²) in [5.74, 6) is 0.395. The van der Waals surface area contributed by atoms with E-state index in [1.807, 2.05) is 26.2 Å². The van der Waals surface area contributed by atoms with Gasteiger partial charge in [0.15, 0.2) is 0 Å². The van der Waals surface area contributed by atoms with Crippen LogP contribution in [0.25, 0.3) is 0 Å². The van der Waals surface area contributed by atoms with Crippen LogP contribution in [-0.4, -0.2) is 58.9 Å². The lowest BCUT2D eigenvalue weighted by Gasteiger charge is -2.40. The van der Waals surface area contributed by atoms with E-state index in [9.17, 15) is 10.2 Å². The second-order valence-electron chi connectivity index (χ2n) is 6.52. The highest BCUT2D eigenvalue weighted by atomic mass is 32.3. The van der Waals surface area contributed by atoms with Crippen molar-refractivity contribution in [3.63, 3.8) is 0 Å². The van der Waals surface area contributed by atoms with E-state index in [1.165, 1.54) is 6.42 Å². The number of rotatable bonds is 4. The highest BCUT2D eigenvalue weighted by molar-refractivity contribution is 7.79. The van der Waals surface area contributed by atoms with Crippen LogP contribution in [-0.2, 0) is 10.4 Å². The van der Waals surface area contributed by atoms with Gasteiger partial charge in [0.05, 0.1) is 5.60 Å². The van der Waals surface area contributed by atoms with Gasteiger partial charge in [-0.1, -0.05) is 31.4 Å². The van der Waals surface area contributed by atoms with Crippen molar-refractivity contribution in [2.45, 2.75) is 43.6 Å². The topological polar surface area (TPSA) is 118 Å². The molecule has 0 heterocycles. The number of hydrogen-bond acceptors (Lipinski definition) is 5. The zero-order valence-electron chi connectivity index (χ0n) is 14.1. The Morgan fingerprint density at radius 1 is 1.08 bits per heavy atom. The Morgan fingerprint density at radius 3 is 1.96 bits per heavy atom. The second kappa shape index (κ2) is 8.77. The van der Waals surface area contributed by atoms with Crippen molar-refractivity contribution in [2.24, 2.45) is 0 Å². The van der Waals surface area contributed by atoms with Gasteiger partial charge in [-0.25, -0.2) is 0 Å². The van der Waals surface area contributed by atoms with E-state index in [4.69, 9.17) is 17.5 Å². The van der Waals surface area contributed by atoms with Crippen LogP contribution in [0, 0.1) is 0 Å². The molecule has 8 heteroatoms. The van der Waals surface area contributed by atoms with E-state index in [-0.39, 0.29) is 11.7 Å². The lowest BCUT2D eigenvalue weighted by atomic mass is 9.72. The SMILES string of the molecule is CN(C)CC(c1ccc(O)cc1)C1(O)CCCCC1.O=S(=O)(O)O. The monoisotopic (exact) mass is 361 g/mol. The van der Waals surface area contributed by atoms with Crippen molar-refractivity contribution in [2.75, 3.05) is 20.6 Å². The molecule has 2 rings (SSSR count). The first-order chi connectivity index (χ1) is 11.0. The molecule has 1 aliphatic carbocycles. The van der Waals surface area contributed by atoms with Crippen LogP contribution in [0.1, 0.15) is 43.6 Å². The Balaban J connectivity index is 0.000000505. The highest BCUT2D eigenvalue weighted by Crippen LogP contribution is 2.40. The molecule has 1 saturated carbocycles. The minimum atomic E-state index is -4.67. The van der Waals surface area contributed by atoms with Crippen LogP contribution in [0.15, 0.2) is 24.3 Å². The minimum Gasteiger partial charge on any atom is -0.508 e. The molecule has 1 unspecified atom stereocenters. The van der Waals surface area contributed by atoms with Gasteiger partial charge in [-0.2, -0.15) is 8.42 Å². The smallest absolute Gasteiger partial charge is 0.394 e. The second-order valence-corrected chi connectivity index (χ2v) is 7.41. The summed E-state index contributed by atoms with van der Waals surface area (Å²) in [4.78, 5) is 2.13. The average Bonchev–Trinajstić information content (AvgIpc) is 2.45. The van der Waals surface area contributed by atoms with Gasteiger partial charge in [-0.05, 0) is 44.6 Å². The van der Waals surface area contributed by atoms with Gasteiger partial charge in [-0.15, -0.1) is 0 Å². The summed E-state index contributed by atoms with van der Waals surface area (Å²) in [6.45, 7) is 0.835. The number of likely N-dealkylation sites (N-methyl/N-ethyl adjacent to an activating group) is 1. The maximum atomic E-state index is 11.0. The van der Waals surface area contributed by atoms with Gasteiger partial charge < -0.3 is 15.1 Å². The minimum absolute atomic E-state index is 0.114. The molecular weight excluding hydrogens is 334 g/mol. The molecule has 1 atom stereocenters. The summed E-state index contributed by atoms with van der Waals surface area (Å²) in [5.41, 5.74) is 0.523. The molecule has 1 aliphatic rings. The molecule has 0 bridgehead atoms. The lowest BCUT2D eigenvalue weighted by molar-refractivity contribution is -0.0277. The van der Waals surface area contributed by atoms with Gasteiger partial charge in [0.1, 0.15) is 5.75 Å². The van der Waals surface area contributed by atoms with Gasteiger partial charge in [0, 0.05) is 12.5 Å². The first-order valence-electron chi connectivity index (χ1n) is 7.87. The summed E-state index contributed by atoms with van der Waals surface area (Å²) in [5, 5.41) is 20.4. The Hall–Kier alpha value is -1.19. The molecule has 0 aromatic heterocycles. The number of aliphatic hydroxyl groups is 1. The third-order valence-electron chi connectivity index (χ3n) is 4.21. The van der Waals surface area contributed by atoms with Crippen LogP contribution in [0.3, 0.4) is 0 Å². The Labute approximate surface area is 143 Å². The first kappa shape index (κ1) is 20.9. The van der Waals surface area contributed by atoms with E-state index < -0.39 is 16.0 Å². The Kier molecular flexibility index (Phi) is 7.62. The maximum absolute atomic E-state index is 11.0. The molecule has 1 aromatic rings. The number of aromatic hydroxyl groups is 1. The number of phenols is 1. The molecule has 0 radical (unpaired) electrons. The largest absolute Gasteiger partial charge is 0.508 e. The summed E-state index contributed by atoms with van der Waals surface area (Å²) in [6, 6.07) is 7.31. The van der Waals surface area contributed by atoms with E-state index >= 15 is 0 Å². The van der Waals surface area contributed by atoms with E-state index in [0.29, 0.717) is 0 Å². The standard InChI is InChI=1S/C16H25NO2.H2O4S/c1-17(2)12-15(13-6-8-14(18)9-7-13)16(19)10-4-3-5-11-16;1-5(2,3)4/h6-9,15,18-19H,3-5,10-12H2,1-2H3;(H2,1,2,3,4). The molecule has 7 nitrogen and oxygen atoms in total. The molecule has 1 aromatic carbocycles. The van der Waals surface area contributed by atoms with Crippen molar-refractivity contribution in [3.05, 3.63) is 29.8 Å². The highest BCUT2D eigenvalue weighted by Gasteiger charge is 2.38. The van der Waals surface area contributed by atoms with Crippen molar-refractivity contribution in [3.8, 4) is 5.75 Å². The van der Waals surface area contributed by atoms with E-state index in [0.717, 1.165) is 37.8 Å². The zero-order chi connectivity index (χ0) is 18.4. The molecule has 0 saturated heterocycles. The molecule has 4 N–H and O–H groups in total. The van der Waals surface area contributed by atoms with Crippen LogP contribution >= 0.6 is 0 Å². The molecular formula is C16H27NO6S. The predicted molar refractivity (Wildman–Crippen MR) is 91.6 cm³/mol. The van der Waals surface area contributed by atoms with E-state index in [1.54, 1.807) is 12.1 Å². The molecule has 24 heavy (non-hydrogen) atoms. The van der Waals surface area contributed by atoms with Gasteiger partial charge in [0.25, 0.3) is 0 Å².